The van der Waals surface area contributed by atoms with E-state index in [2.05, 4.69) is 31.1 Å². The van der Waals surface area contributed by atoms with Crippen molar-refractivity contribution in [2.24, 2.45) is 0 Å². The minimum atomic E-state index is -3.65. The van der Waals surface area contributed by atoms with E-state index >= 15 is 0 Å². The summed E-state index contributed by atoms with van der Waals surface area (Å²) in [6.45, 7) is 9.33. The summed E-state index contributed by atoms with van der Waals surface area (Å²) in [5, 5.41) is 3.76. The number of rotatable bonds is 4. The van der Waals surface area contributed by atoms with Crippen LogP contribution >= 0.6 is 34.5 Å². The lowest BCUT2D eigenvalue weighted by atomic mass is 9.98. The summed E-state index contributed by atoms with van der Waals surface area (Å²) < 4.78 is 27.3. The van der Waals surface area contributed by atoms with Crippen molar-refractivity contribution >= 4 is 44.6 Å². The second kappa shape index (κ2) is 7.97. The van der Waals surface area contributed by atoms with E-state index in [1.807, 2.05) is 0 Å². The van der Waals surface area contributed by atoms with Crippen LogP contribution in [0.5, 0.6) is 0 Å². The molecule has 0 spiro atoms. The minimum Gasteiger partial charge on any atom is -0.295 e. The molecule has 1 aromatic carbocycles. The molecule has 3 rings (SSSR count). The molecular formula is C18H23Cl2N3O2S2. The van der Waals surface area contributed by atoms with E-state index in [9.17, 15) is 8.42 Å². The highest BCUT2D eigenvalue weighted by Crippen LogP contribution is 2.29. The molecule has 148 valence electrons. The molecule has 5 nitrogen and oxygen atoms in total. The summed E-state index contributed by atoms with van der Waals surface area (Å²) in [6, 6.07) is 4.51. The van der Waals surface area contributed by atoms with Crippen LogP contribution in [0.3, 0.4) is 0 Å². The van der Waals surface area contributed by atoms with Crippen molar-refractivity contribution in [3.8, 4) is 0 Å². The first-order chi connectivity index (χ1) is 12.6. The van der Waals surface area contributed by atoms with E-state index in [1.165, 1.54) is 16.4 Å². The van der Waals surface area contributed by atoms with Crippen LogP contribution in [-0.4, -0.2) is 48.8 Å². The van der Waals surface area contributed by atoms with Gasteiger partial charge in [-0.25, -0.2) is 13.4 Å². The first kappa shape index (κ1) is 21.0. The molecule has 1 aromatic heterocycles. The van der Waals surface area contributed by atoms with Crippen LogP contribution in [0.15, 0.2) is 28.5 Å². The Hall–Kier alpha value is -0.700. The van der Waals surface area contributed by atoms with Gasteiger partial charge in [0.25, 0.3) is 0 Å². The summed E-state index contributed by atoms with van der Waals surface area (Å²) in [6.07, 6.45) is 0. The molecule has 1 fully saturated rings. The Morgan fingerprint density at radius 2 is 1.81 bits per heavy atom. The number of benzene rings is 1. The highest BCUT2D eigenvalue weighted by molar-refractivity contribution is 7.89. The average Bonchev–Trinajstić information content (AvgIpc) is 3.06. The maximum atomic E-state index is 12.9. The van der Waals surface area contributed by atoms with Crippen LogP contribution in [0.1, 0.15) is 31.5 Å². The fourth-order valence-corrected chi connectivity index (χ4v) is 5.95. The van der Waals surface area contributed by atoms with Crippen molar-refractivity contribution in [2.45, 2.75) is 37.6 Å². The predicted molar refractivity (Wildman–Crippen MR) is 111 cm³/mol. The van der Waals surface area contributed by atoms with Crippen molar-refractivity contribution in [3.05, 3.63) is 44.3 Å². The van der Waals surface area contributed by atoms with Crippen molar-refractivity contribution < 1.29 is 8.42 Å². The van der Waals surface area contributed by atoms with E-state index in [0.29, 0.717) is 31.2 Å². The molecule has 1 aliphatic heterocycles. The zero-order chi connectivity index (χ0) is 19.8. The first-order valence-electron chi connectivity index (χ1n) is 8.70. The number of halogens is 2. The normalized spacial score (nSPS) is 17.4. The predicted octanol–water partition coefficient (Wildman–Crippen LogP) is 4.25. The van der Waals surface area contributed by atoms with Gasteiger partial charge < -0.3 is 0 Å². The van der Waals surface area contributed by atoms with Gasteiger partial charge in [0.2, 0.25) is 10.0 Å². The van der Waals surface area contributed by atoms with Gasteiger partial charge in [-0.2, -0.15) is 4.31 Å². The lowest BCUT2D eigenvalue weighted by Crippen LogP contribution is -2.48. The fourth-order valence-electron chi connectivity index (χ4n) is 2.90. The van der Waals surface area contributed by atoms with Gasteiger partial charge in [-0.1, -0.05) is 44.0 Å². The van der Waals surface area contributed by atoms with Crippen molar-refractivity contribution in [3.63, 3.8) is 0 Å². The fraction of sp³-hybridized carbons (Fsp3) is 0.500. The average molecular weight is 448 g/mol. The van der Waals surface area contributed by atoms with Gasteiger partial charge in [-0.15, -0.1) is 11.3 Å². The smallest absolute Gasteiger partial charge is 0.244 e. The molecule has 0 atom stereocenters. The van der Waals surface area contributed by atoms with E-state index in [1.54, 1.807) is 17.4 Å². The summed E-state index contributed by atoms with van der Waals surface area (Å²) in [5.41, 5.74) is 1.09. The largest absolute Gasteiger partial charge is 0.295 e. The maximum Gasteiger partial charge on any atom is 0.244 e. The lowest BCUT2D eigenvalue weighted by Gasteiger charge is -2.33. The molecule has 0 bridgehead atoms. The molecule has 0 N–H and O–H groups in total. The third-order valence-electron chi connectivity index (χ3n) is 4.42. The third-order valence-corrected chi connectivity index (χ3v) is 8.35. The number of thiazole rings is 1. The highest BCUT2D eigenvalue weighted by Gasteiger charge is 2.30. The molecule has 9 heteroatoms. The van der Waals surface area contributed by atoms with Gasteiger partial charge in [0, 0.05) is 48.5 Å². The topological polar surface area (TPSA) is 53.5 Å². The standard InChI is InChI=1S/C18H23Cl2N3O2S2/c1-18(2,3)17-21-14(12-26-17)11-22-6-8-23(9-7-22)27(24,25)16-10-13(19)4-5-15(16)20/h4-5,10,12H,6-9,11H2,1-3H3. The lowest BCUT2D eigenvalue weighted by molar-refractivity contribution is 0.180. The van der Waals surface area contributed by atoms with Gasteiger partial charge in [0.05, 0.1) is 15.7 Å². The van der Waals surface area contributed by atoms with E-state index < -0.39 is 10.0 Å². The second-order valence-electron chi connectivity index (χ2n) is 7.65. The highest BCUT2D eigenvalue weighted by atomic mass is 35.5. The summed E-state index contributed by atoms with van der Waals surface area (Å²) >= 11 is 13.7. The molecule has 1 saturated heterocycles. The second-order valence-corrected chi connectivity index (χ2v) is 11.3. The van der Waals surface area contributed by atoms with Crippen LogP contribution in [-0.2, 0) is 22.0 Å². The summed E-state index contributed by atoms with van der Waals surface area (Å²) in [7, 11) is -3.65. The Balaban J connectivity index is 1.65. The molecule has 0 aliphatic carbocycles. The zero-order valence-electron chi connectivity index (χ0n) is 15.6. The van der Waals surface area contributed by atoms with Gasteiger partial charge in [-0.3, -0.25) is 4.90 Å². The Labute approximate surface area is 175 Å². The first-order valence-corrected chi connectivity index (χ1v) is 11.8. The van der Waals surface area contributed by atoms with Crippen LogP contribution in [0.4, 0.5) is 0 Å². The van der Waals surface area contributed by atoms with Crippen molar-refractivity contribution in [1.82, 2.24) is 14.2 Å². The SMILES string of the molecule is CC(C)(C)c1nc(CN2CCN(S(=O)(=O)c3cc(Cl)ccc3Cl)CC2)cs1. The number of hydrogen-bond donors (Lipinski definition) is 0. The molecule has 0 amide bonds. The third kappa shape index (κ3) is 4.83. The molecule has 2 heterocycles. The Morgan fingerprint density at radius 3 is 2.41 bits per heavy atom. The van der Waals surface area contributed by atoms with Gasteiger partial charge in [-0.05, 0) is 18.2 Å². The number of nitrogens with zero attached hydrogens (tertiary/aromatic N) is 3. The van der Waals surface area contributed by atoms with E-state index in [0.717, 1.165) is 17.2 Å². The Bertz CT molecular complexity index is 915. The monoisotopic (exact) mass is 447 g/mol. The number of sulfonamides is 1. The minimum absolute atomic E-state index is 0.0475. The zero-order valence-corrected chi connectivity index (χ0v) is 18.7. The molecule has 0 saturated carbocycles. The number of piperazine rings is 1. The van der Waals surface area contributed by atoms with Crippen molar-refractivity contribution in [2.75, 3.05) is 26.2 Å². The number of hydrogen-bond acceptors (Lipinski definition) is 5. The van der Waals surface area contributed by atoms with Crippen LogP contribution in [0, 0.1) is 0 Å². The molecule has 1 aliphatic rings. The summed E-state index contributed by atoms with van der Waals surface area (Å²) in [5.74, 6) is 0. The van der Waals surface area contributed by atoms with Crippen LogP contribution < -0.4 is 0 Å². The molecule has 27 heavy (non-hydrogen) atoms. The van der Waals surface area contributed by atoms with Crippen LogP contribution in [0.25, 0.3) is 0 Å². The Kier molecular flexibility index (Phi) is 6.20. The molecular weight excluding hydrogens is 425 g/mol. The molecule has 0 unspecified atom stereocenters. The van der Waals surface area contributed by atoms with Crippen LogP contribution in [0.2, 0.25) is 10.0 Å². The van der Waals surface area contributed by atoms with E-state index in [-0.39, 0.29) is 15.3 Å². The quantitative estimate of drug-likeness (QED) is 0.702. The summed E-state index contributed by atoms with van der Waals surface area (Å²) in [4.78, 5) is 7.02. The van der Waals surface area contributed by atoms with Gasteiger partial charge >= 0.3 is 0 Å². The number of aromatic nitrogens is 1. The van der Waals surface area contributed by atoms with Gasteiger partial charge in [0.15, 0.2) is 0 Å². The Morgan fingerprint density at radius 1 is 1.15 bits per heavy atom. The van der Waals surface area contributed by atoms with Crippen molar-refractivity contribution in [1.29, 1.82) is 0 Å². The van der Waals surface area contributed by atoms with E-state index in [4.69, 9.17) is 28.2 Å². The maximum absolute atomic E-state index is 12.9. The molecule has 0 radical (unpaired) electrons. The molecule has 2 aromatic rings. The van der Waals surface area contributed by atoms with Gasteiger partial charge in [0.1, 0.15) is 4.90 Å².